The molecule has 0 unspecified atom stereocenters. The summed E-state index contributed by atoms with van der Waals surface area (Å²) < 4.78 is 5.93. The quantitative estimate of drug-likeness (QED) is 0.422. The summed E-state index contributed by atoms with van der Waals surface area (Å²) in [7, 11) is 0. The molecule has 0 radical (unpaired) electrons. The molecule has 4 rings (SSSR count). The molecule has 0 atom stereocenters. The van der Waals surface area contributed by atoms with Gasteiger partial charge >= 0.3 is 0 Å². The van der Waals surface area contributed by atoms with Crippen molar-refractivity contribution in [3.63, 3.8) is 0 Å². The summed E-state index contributed by atoms with van der Waals surface area (Å²) in [5.74, 6) is 0.284. The zero-order valence-electron chi connectivity index (χ0n) is 17.5. The lowest BCUT2D eigenvalue weighted by Crippen LogP contribution is -2.13. The van der Waals surface area contributed by atoms with Crippen LogP contribution in [0.4, 0.5) is 0 Å². The molecular formula is C23H22N4O2S2. The molecule has 0 aliphatic carbocycles. The highest BCUT2D eigenvalue weighted by Crippen LogP contribution is 2.36. The van der Waals surface area contributed by atoms with Gasteiger partial charge < -0.3 is 10.5 Å². The molecule has 3 heterocycles. The molecule has 6 nitrogen and oxygen atoms in total. The Morgan fingerprint density at radius 3 is 2.65 bits per heavy atom. The number of nitrogens with zero attached hydrogens (tertiary/aromatic N) is 3. The van der Waals surface area contributed by atoms with Crippen LogP contribution in [0.5, 0.6) is 5.75 Å². The highest BCUT2D eigenvalue weighted by Gasteiger charge is 2.16. The molecule has 0 spiro atoms. The third-order valence-corrected chi connectivity index (χ3v) is 6.64. The number of carbonyl (C=O) groups is 1. The van der Waals surface area contributed by atoms with E-state index in [1.54, 1.807) is 53.3 Å². The zero-order chi connectivity index (χ0) is 22.0. The monoisotopic (exact) mass is 450 g/mol. The van der Waals surface area contributed by atoms with E-state index in [0.29, 0.717) is 12.0 Å². The van der Waals surface area contributed by atoms with Crippen molar-refractivity contribution < 1.29 is 9.53 Å². The topological polar surface area (TPSA) is 91.0 Å². The number of hydrogen-bond acceptors (Lipinski definition) is 7. The summed E-state index contributed by atoms with van der Waals surface area (Å²) in [5, 5.41) is 3.93. The van der Waals surface area contributed by atoms with Gasteiger partial charge in [0, 0.05) is 40.9 Å². The van der Waals surface area contributed by atoms with Gasteiger partial charge in [-0.05, 0) is 51.1 Å². The Labute approximate surface area is 188 Å². The summed E-state index contributed by atoms with van der Waals surface area (Å²) in [6.45, 7) is 5.95. The van der Waals surface area contributed by atoms with Crippen molar-refractivity contribution in [1.82, 2.24) is 15.0 Å². The lowest BCUT2D eigenvalue weighted by atomic mass is 10.1. The van der Waals surface area contributed by atoms with Crippen LogP contribution in [0, 0.1) is 6.92 Å². The van der Waals surface area contributed by atoms with Crippen LogP contribution in [0.25, 0.3) is 21.1 Å². The number of rotatable bonds is 7. The van der Waals surface area contributed by atoms with Gasteiger partial charge in [-0.1, -0.05) is 0 Å². The van der Waals surface area contributed by atoms with Crippen LogP contribution < -0.4 is 10.5 Å². The summed E-state index contributed by atoms with van der Waals surface area (Å²) in [4.78, 5) is 26.3. The molecule has 0 bridgehead atoms. The van der Waals surface area contributed by atoms with E-state index < -0.39 is 5.91 Å². The van der Waals surface area contributed by atoms with Crippen LogP contribution >= 0.6 is 22.7 Å². The van der Waals surface area contributed by atoms with Crippen molar-refractivity contribution in [2.75, 3.05) is 0 Å². The van der Waals surface area contributed by atoms with E-state index in [2.05, 4.69) is 4.98 Å². The fourth-order valence-corrected chi connectivity index (χ4v) is 5.07. The van der Waals surface area contributed by atoms with Gasteiger partial charge in [-0.3, -0.25) is 9.78 Å². The Morgan fingerprint density at radius 1 is 1.16 bits per heavy atom. The first kappa shape index (κ1) is 21.1. The highest BCUT2D eigenvalue weighted by molar-refractivity contribution is 7.19. The third-order valence-electron chi connectivity index (χ3n) is 4.56. The van der Waals surface area contributed by atoms with Crippen LogP contribution in [0.1, 0.15) is 40.5 Å². The third kappa shape index (κ3) is 4.81. The second kappa shape index (κ2) is 8.95. The van der Waals surface area contributed by atoms with E-state index >= 15 is 0 Å². The smallest absolute Gasteiger partial charge is 0.248 e. The average molecular weight is 451 g/mol. The molecular weight excluding hydrogens is 428 g/mol. The van der Waals surface area contributed by atoms with E-state index in [1.807, 2.05) is 38.3 Å². The second-order valence-electron chi connectivity index (χ2n) is 7.33. The minimum atomic E-state index is -0.457. The number of benzene rings is 1. The van der Waals surface area contributed by atoms with Gasteiger partial charge in [-0.25, -0.2) is 9.97 Å². The Kier molecular flexibility index (Phi) is 6.11. The van der Waals surface area contributed by atoms with Gasteiger partial charge in [0.15, 0.2) is 0 Å². The SMILES string of the molecule is Cc1nc(-c2ccncc2)sc1-c1csc(Cc2cc(C(N)=O)ccc2OC(C)C)n1. The van der Waals surface area contributed by atoms with Crippen molar-refractivity contribution in [3.05, 3.63) is 69.9 Å². The lowest BCUT2D eigenvalue weighted by molar-refractivity contribution is 0.1000. The number of primary amides is 1. The van der Waals surface area contributed by atoms with E-state index in [1.165, 1.54) is 0 Å². The molecule has 31 heavy (non-hydrogen) atoms. The number of aryl methyl sites for hydroxylation is 1. The first-order chi connectivity index (χ1) is 14.9. The van der Waals surface area contributed by atoms with Crippen molar-refractivity contribution in [1.29, 1.82) is 0 Å². The predicted molar refractivity (Wildman–Crippen MR) is 125 cm³/mol. The van der Waals surface area contributed by atoms with Crippen molar-refractivity contribution in [2.24, 2.45) is 5.73 Å². The molecule has 0 saturated heterocycles. The summed E-state index contributed by atoms with van der Waals surface area (Å²) in [6, 6.07) is 9.20. The Morgan fingerprint density at radius 2 is 1.94 bits per heavy atom. The minimum absolute atomic E-state index is 0.0245. The van der Waals surface area contributed by atoms with Crippen molar-refractivity contribution in [3.8, 4) is 26.9 Å². The molecule has 4 aromatic rings. The lowest BCUT2D eigenvalue weighted by Gasteiger charge is -2.14. The molecule has 8 heteroatoms. The fourth-order valence-electron chi connectivity index (χ4n) is 3.15. The number of hydrogen-bond donors (Lipinski definition) is 1. The maximum absolute atomic E-state index is 11.6. The van der Waals surface area contributed by atoms with Crippen LogP contribution in [0.2, 0.25) is 0 Å². The van der Waals surface area contributed by atoms with Crippen LogP contribution in [0.15, 0.2) is 48.1 Å². The van der Waals surface area contributed by atoms with Gasteiger partial charge in [0.05, 0.1) is 27.4 Å². The first-order valence-corrected chi connectivity index (χ1v) is 11.5. The van der Waals surface area contributed by atoms with Gasteiger partial charge in [-0.2, -0.15) is 0 Å². The number of pyridine rings is 1. The van der Waals surface area contributed by atoms with Gasteiger partial charge in [0.1, 0.15) is 10.8 Å². The maximum atomic E-state index is 11.6. The number of carbonyl (C=O) groups excluding carboxylic acids is 1. The molecule has 0 saturated carbocycles. The normalized spacial score (nSPS) is 11.1. The van der Waals surface area contributed by atoms with Gasteiger partial charge in [0.25, 0.3) is 0 Å². The summed E-state index contributed by atoms with van der Waals surface area (Å²) in [5.41, 5.74) is 9.73. The van der Waals surface area contributed by atoms with Gasteiger partial charge in [-0.15, -0.1) is 22.7 Å². The number of thiazole rings is 2. The van der Waals surface area contributed by atoms with Crippen LogP contribution in [-0.2, 0) is 6.42 Å². The Hall–Kier alpha value is -3.10. The first-order valence-electron chi connectivity index (χ1n) is 9.82. The van der Waals surface area contributed by atoms with E-state index in [9.17, 15) is 4.79 Å². The van der Waals surface area contributed by atoms with Crippen molar-refractivity contribution in [2.45, 2.75) is 33.3 Å². The van der Waals surface area contributed by atoms with Crippen molar-refractivity contribution >= 4 is 28.6 Å². The summed E-state index contributed by atoms with van der Waals surface area (Å²) >= 11 is 3.20. The molecule has 1 aromatic carbocycles. The van der Waals surface area contributed by atoms with E-state index in [4.69, 9.17) is 20.4 Å². The van der Waals surface area contributed by atoms with Crippen LogP contribution in [0.3, 0.4) is 0 Å². The minimum Gasteiger partial charge on any atom is -0.491 e. The number of ether oxygens (including phenoxy) is 1. The molecule has 0 fully saturated rings. The largest absolute Gasteiger partial charge is 0.491 e. The molecule has 2 N–H and O–H groups in total. The molecule has 0 aliphatic heterocycles. The Balaban J connectivity index is 1.62. The number of amides is 1. The van der Waals surface area contributed by atoms with E-state index in [-0.39, 0.29) is 6.10 Å². The molecule has 3 aromatic heterocycles. The molecule has 1 amide bonds. The van der Waals surface area contributed by atoms with Crippen LogP contribution in [-0.4, -0.2) is 27.0 Å². The number of nitrogens with two attached hydrogens (primary N) is 1. The van der Waals surface area contributed by atoms with Gasteiger partial charge in [0.2, 0.25) is 5.91 Å². The van der Waals surface area contributed by atoms with E-state index in [0.717, 1.165) is 43.2 Å². The molecule has 0 aliphatic rings. The highest BCUT2D eigenvalue weighted by atomic mass is 32.1. The number of aromatic nitrogens is 3. The molecule has 158 valence electrons. The average Bonchev–Trinajstić information content (AvgIpc) is 3.36. The predicted octanol–water partition coefficient (Wildman–Crippen LogP) is 5.11. The standard InChI is InChI=1S/C23H22N4O2S2/c1-13(2)29-19-5-4-16(22(24)28)10-17(19)11-20-27-18(12-30-20)21-14(3)26-23(31-21)15-6-8-25-9-7-15/h4-10,12-13H,11H2,1-3H3,(H2,24,28). The maximum Gasteiger partial charge on any atom is 0.248 e. The second-order valence-corrected chi connectivity index (χ2v) is 9.27. The summed E-state index contributed by atoms with van der Waals surface area (Å²) in [6.07, 6.45) is 4.12. The zero-order valence-corrected chi connectivity index (χ0v) is 19.1. The Bertz CT molecular complexity index is 1220. The fraction of sp³-hybridized carbons (Fsp3) is 0.217.